The molecule has 0 unspecified atom stereocenters. The molecule has 0 spiro atoms. The van der Waals surface area contributed by atoms with Gasteiger partial charge in [0, 0.05) is 28.6 Å². The van der Waals surface area contributed by atoms with E-state index in [9.17, 15) is 0 Å². The minimum absolute atomic E-state index is 0.183. The van der Waals surface area contributed by atoms with Gasteiger partial charge in [-0.1, -0.05) is 53.7 Å². The summed E-state index contributed by atoms with van der Waals surface area (Å²) in [4.78, 5) is 10.7. The van der Waals surface area contributed by atoms with Crippen LogP contribution in [0.5, 0.6) is 0 Å². The SMILES string of the molecule is C[C@H]1c2nc(C(C)(C)c3ccc4c(n3)[C@H](C)[C@@H]3C[C@H]4C3(C)C)ccc2[C@H]2C[C@@H]1C2(C)C. The molecule has 0 aromatic carbocycles. The molecular formula is C29H38N2. The summed E-state index contributed by atoms with van der Waals surface area (Å²) in [5.74, 6) is 4.02. The van der Waals surface area contributed by atoms with Crippen molar-refractivity contribution in [1.82, 2.24) is 9.97 Å². The van der Waals surface area contributed by atoms with E-state index in [-0.39, 0.29) is 5.41 Å². The molecule has 4 bridgehead atoms. The van der Waals surface area contributed by atoms with Crippen molar-refractivity contribution in [3.8, 4) is 0 Å². The first-order valence-electron chi connectivity index (χ1n) is 12.5. The van der Waals surface area contributed by atoms with Gasteiger partial charge >= 0.3 is 0 Å². The Balaban J connectivity index is 1.39. The fourth-order valence-corrected chi connectivity index (χ4v) is 8.17. The van der Waals surface area contributed by atoms with E-state index in [4.69, 9.17) is 9.97 Å². The van der Waals surface area contributed by atoms with E-state index in [1.807, 2.05) is 0 Å². The summed E-state index contributed by atoms with van der Waals surface area (Å²) < 4.78 is 0. The second-order valence-corrected chi connectivity index (χ2v) is 13.0. The van der Waals surface area contributed by atoms with Crippen molar-refractivity contribution in [1.29, 1.82) is 0 Å². The lowest BCUT2D eigenvalue weighted by molar-refractivity contribution is -0.00309. The van der Waals surface area contributed by atoms with E-state index in [0.717, 1.165) is 11.8 Å². The van der Waals surface area contributed by atoms with Crippen molar-refractivity contribution in [2.75, 3.05) is 0 Å². The molecule has 164 valence electrons. The Morgan fingerprint density at radius 3 is 1.45 bits per heavy atom. The van der Waals surface area contributed by atoms with E-state index < -0.39 is 0 Å². The zero-order valence-corrected chi connectivity index (χ0v) is 20.6. The number of rotatable bonds is 2. The van der Waals surface area contributed by atoms with Crippen molar-refractivity contribution in [2.45, 2.75) is 97.3 Å². The highest BCUT2D eigenvalue weighted by Gasteiger charge is 2.57. The fraction of sp³-hybridized carbons (Fsp3) is 0.655. The van der Waals surface area contributed by atoms with Gasteiger partial charge in [0.1, 0.15) is 0 Å². The predicted molar refractivity (Wildman–Crippen MR) is 127 cm³/mol. The molecule has 0 N–H and O–H groups in total. The van der Waals surface area contributed by atoms with Crippen LogP contribution < -0.4 is 0 Å². The third-order valence-corrected chi connectivity index (χ3v) is 10.7. The molecule has 6 aliphatic carbocycles. The maximum absolute atomic E-state index is 5.33. The van der Waals surface area contributed by atoms with Crippen LogP contribution in [0.25, 0.3) is 0 Å². The van der Waals surface area contributed by atoms with Gasteiger partial charge in [-0.15, -0.1) is 0 Å². The van der Waals surface area contributed by atoms with Gasteiger partial charge in [-0.05, 0) is 84.5 Å². The molecule has 2 saturated carbocycles. The van der Waals surface area contributed by atoms with Crippen molar-refractivity contribution in [3.63, 3.8) is 0 Å². The Bertz CT molecular complexity index is 1010. The third kappa shape index (κ3) is 2.30. The first kappa shape index (κ1) is 19.9. The van der Waals surface area contributed by atoms with Gasteiger partial charge < -0.3 is 0 Å². The average molecular weight is 415 g/mol. The van der Waals surface area contributed by atoms with Gasteiger partial charge in [0.05, 0.1) is 11.4 Å². The summed E-state index contributed by atoms with van der Waals surface area (Å²) in [6, 6.07) is 9.39. The van der Waals surface area contributed by atoms with E-state index in [2.05, 4.69) is 79.7 Å². The lowest BCUT2D eigenvalue weighted by atomic mass is 9.45. The van der Waals surface area contributed by atoms with E-state index in [1.54, 1.807) is 0 Å². The van der Waals surface area contributed by atoms with Crippen LogP contribution in [0.15, 0.2) is 24.3 Å². The van der Waals surface area contributed by atoms with Gasteiger partial charge in [-0.2, -0.15) is 0 Å². The average Bonchev–Trinajstić information content (AvgIpc) is 2.72. The molecule has 2 aromatic heterocycles. The van der Waals surface area contributed by atoms with Gasteiger partial charge in [-0.25, -0.2) is 0 Å². The molecular weight excluding hydrogens is 376 g/mol. The highest BCUT2D eigenvalue weighted by molar-refractivity contribution is 5.44. The first-order chi connectivity index (χ1) is 14.5. The summed E-state index contributed by atoms with van der Waals surface area (Å²) in [5, 5.41) is 0. The predicted octanol–water partition coefficient (Wildman–Crippen LogP) is 7.30. The van der Waals surface area contributed by atoms with Crippen LogP contribution in [-0.4, -0.2) is 9.97 Å². The Labute approximate surface area is 188 Å². The Kier molecular flexibility index (Phi) is 3.73. The largest absolute Gasteiger partial charge is 0.256 e. The lowest BCUT2D eigenvalue weighted by Crippen LogP contribution is -2.50. The van der Waals surface area contributed by atoms with Crippen LogP contribution in [-0.2, 0) is 5.41 Å². The minimum atomic E-state index is -0.183. The summed E-state index contributed by atoms with van der Waals surface area (Å²) >= 11 is 0. The van der Waals surface area contributed by atoms with Crippen LogP contribution >= 0.6 is 0 Å². The Morgan fingerprint density at radius 1 is 0.710 bits per heavy atom. The second-order valence-electron chi connectivity index (χ2n) is 13.0. The number of hydrogen-bond acceptors (Lipinski definition) is 2. The molecule has 0 amide bonds. The van der Waals surface area contributed by atoms with Gasteiger partial charge in [0.25, 0.3) is 0 Å². The number of nitrogens with zero attached hydrogens (tertiary/aromatic N) is 2. The van der Waals surface area contributed by atoms with Crippen molar-refractivity contribution in [2.24, 2.45) is 22.7 Å². The minimum Gasteiger partial charge on any atom is -0.256 e. The van der Waals surface area contributed by atoms with Crippen molar-refractivity contribution in [3.05, 3.63) is 58.2 Å². The summed E-state index contributed by atoms with van der Waals surface area (Å²) in [6.07, 6.45) is 2.68. The highest BCUT2D eigenvalue weighted by atomic mass is 14.8. The van der Waals surface area contributed by atoms with Crippen LogP contribution in [0.4, 0.5) is 0 Å². The molecule has 0 saturated heterocycles. The molecule has 2 aromatic rings. The number of pyridine rings is 2. The Hall–Kier alpha value is -1.70. The van der Waals surface area contributed by atoms with Gasteiger partial charge in [0.15, 0.2) is 0 Å². The molecule has 0 aliphatic heterocycles. The molecule has 8 rings (SSSR count). The molecule has 2 heteroatoms. The molecule has 0 radical (unpaired) electrons. The first-order valence-corrected chi connectivity index (χ1v) is 12.5. The van der Waals surface area contributed by atoms with Gasteiger partial charge in [-0.3, -0.25) is 9.97 Å². The summed E-state index contributed by atoms with van der Waals surface area (Å²) in [5.41, 5.74) is 8.77. The quantitative estimate of drug-likeness (QED) is 0.515. The van der Waals surface area contributed by atoms with Crippen molar-refractivity contribution < 1.29 is 0 Å². The normalized spacial score (nSPS) is 36.0. The topological polar surface area (TPSA) is 25.8 Å². The zero-order valence-electron chi connectivity index (χ0n) is 20.6. The van der Waals surface area contributed by atoms with E-state index >= 15 is 0 Å². The maximum Gasteiger partial charge on any atom is 0.0523 e. The lowest BCUT2D eigenvalue weighted by Gasteiger charge is -2.59. The maximum atomic E-state index is 5.33. The molecule has 31 heavy (non-hydrogen) atoms. The monoisotopic (exact) mass is 414 g/mol. The molecule has 6 atom stereocenters. The second kappa shape index (κ2) is 5.80. The third-order valence-electron chi connectivity index (χ3n) is 10.7. The van der Waals surface area contributed by atoms with Crippen LogP contribution in [0.2, 0.25) is 0 Å². The zero-order chi connectivity index (χ0) is 22.1. The van der Waals surface area contributed by atoms with Crippen LogP contribution in [0, 0.1) is 22.7 Å². The van der Waals surface area contributed by atoms with E-state index in [1.165, 1.54) is 46.7 Å². The van der Waals surface area contributed by atoms with E-state index in [0.29, 0.717) is 34.5 Å². The number of aromatic nitrogens is 2. The smallest absolute Gasteiger partial charge is 0.0523 e. The standard InChI is InChI=1S/C29H38N2/c1-15-19-13-21(27(19,3)4)17-9-11-23(30-25(15)17)29(7,8)24-12-10-18-22-14-20(28(22,5)6)16(2)26(18)31-24/h9-12,15-16,19-22H,13-14H2,1-8H3/t15-,16-,19+,20+,21-,22-/m1/s1. The number of hydrogen-bond donors (Lipinski definition) is 0. The van der Waals surface area contributed by atoms with Crippen LogP contribution in [0.3, 0.4) is 0 Å². The fourth-order valence-electron chi connectivity index (χ4n) is 8.17. The molecule has 2 heterocycles. The van der Waals surface area contributed by atoms with Crippen LogP contribution in [0.1, 0.15) is 126 Å². The van der Waals surface area contributed by atoms with Gasteiger partial charge in [0.2, 0.25) is 0 Å². The van der Waals surface area contributed by atoms with Crippen molar-refractivity contribution >= 4 is 0 Å². The molecule has 2 nitrogen and oxygen atoms in total. The Morgan fingerprint density at radius 2 is 1.10 bits per heavy atom. The molecule has 2 fully saturated rings. The summed E-state index contributed by atoms with van der Waals surface area (Å²) in [7, 11) is 0. The summed E-state index contributed by atoms with van der Waals surface area (Å²) in [6.45, 7) is 19.2. The molecule has 6 aliphatic rings. The highest BCUT2D eigenvalue weighted by Crippen LogP contribution is 2.67.